The Bertz CT molecular complexity index is 96.3. The van der Waals surface area contributed by atoms with Gasteiger partial charge in [-0.05, 0) is 18.8 Å². The van der Waals surface area contributed by atoms with Crippen LogP contribution in [0.2, 0.25) is 0 Å². The fraction of sp³-hybridized carbons (Fsp3) is 1.00. The maximum absolute atomic E-state index is 9.11. The molecule has 0 aromatic rings. The minimum Gasteiger partial charge on any atom is -0.396 e. The predicted octanol–water partition coefficient (Wildman–Crippen LogP) is 3.37. The molecule has 0 rings (SSSR count). The van der Waals surface area contributed by atoms with Gasteiger partial charge in [-0.1, -0.05) is 52.4 Å². The Hall–Kier alpha value is 0.882. The summed E-state index contributed by atoms with van der Waals surface area (Å²) in [5, 5.41) is 9.11. The molecular weight excluding hydrogens is 367 g/mol. The molecule has 0 saturated heterocycles. The van der Waals surface area contributed by atoms with Crippen LogP contribution in [0.15, 0.2) is 0 Å². The first-order valence-corrected chi connectivity index (χ1v) is 5.96. The molecule has 0 fully saturated rings. The van der Waals surface area contributed by atoms with Crippen LogP contribution in [0.25, 0.3) is 0 Å². The third kappa shape index (κ3) is 11.0. The third-order valence-electron chi connectivity index (χ3n) is 2.69. The maximum atomic E-state index is 9.11. The molecule has 0 saturated carbocycles. The molecule has 0 spiro atoms. The van der Waals surface area contributed by atoms with Gasteiger partial charge in [-0.3, -0.25) is 0 Å². The summed E-state index contributed by atoms with van der Waals surface area (Å²) in [7, 11) is 0. The number of rotatable bonds is 9. The van der Waals surface area contributed by atoms with E-state index in [1.54, 1.807) is 0 Å². The number of aliphatic hydroxyl groups excluding tert-OH is 1. The molecule has 0 aromatic heterocycles. The molecule has 84 valence electrons. The molecule has 1 nitrogen and oxygen atoms in total. The fourth-order valence-electron chi connectivity index (χ4n) is 1.68. The number of aliphatic hydroxyl groups is 1. The molecule has 0 heterocycles. The normalized spacial score (nSPS) is 12.2. The van der Waals surface area contributed by atoms with Crippen molar-refractivity contribution in [1.29, 1.82) is 0 Å². The van der Waals surface area contributed by atoms with Crippen LogP contribution in [0, 0.1) is 5.92 Å². The van der Waals surface area contributed by atoms with Crippen LogP contribution in [-0.2, 0) is 0 Å². The van der Waals surface area contributed by atoms with Crippen molar-refractivity contribution in [2.24, 2.45) is 5.92 Å². The predicted molar refractivity (Wildman–Crippen MR) is 64.6 cm³/mol. The summed E-state index contributed by atoms with van der Waals surface area (Å²) in [5.74, 6) is 0.580. The summed E-state index contributed by atoms with van der Waals surface area (Å²) in [4.78, 5) is 0. The molecule has 1 atom stereocenters. The Kier molecular flexibility index (Phi) is 17.1. The summed E-state index contributed by atoms with van der Waals surface area (Å²) in [6.45, 7) is 4.85. The van der Waals surface area contributed by atoms with E-state index in [1.807, 2.05) is 0 Å². The van der Waals surface area contributed by atoms with Crippen molar-refractivity contribution in [2.45, 2.75) is 65.2 Å². The van der Waals surface area contributed by atoms with Gasteiger partial charge in [0.2, 0.25) is 0 Å². The van der Waals surface area contributed by atoms with Gasteiger partial charge < -0.3 is 5.11 Å². The average molecular weight is 394 g/mol. The zero-order valence-electron chi connectivity index (χ0n) is 9.89. The molecule has 1 unspecified atom stereocenters. The van der Waals surface area contributed by atoms with E-state index in [-0.39, 0.29) is 27.3 Å². The Balaban J connectivity index is 0. The second kappa shape index (κ2) is 13.9. The van der Waals surface area contributed by atoms with Gasteiger partial charge in [-0.2, -0.15) is 0 Å². The Labute approximate surface area is 110 Å². The van der Waals surface area contributed by atoms with Gasteiger partial charge in [-0.25, -0.2) is 0 Å². The third-order valence-corrected chi connectivity index (χ3v) is 2.69. The smallest absolute Gasteiger partial charge is 0.0459 e. The maximum Gasteiger partial charge on any atom is 0.0459 e. The van der Waals surface area contributed by atoms with Gasteiger partial charge in [-0.15, -0.1) is 0 Å². The topological polar surface area (TPSA) is 20.2 Å². The van der Waals surface area contributed by atoms with Crippen molar-refractivity contribution in [3.63, 3.8) is 0 Å². The summed E-state index contributed by atoms with van der Waals surface area (Å²) >= 11 is 0. The molecule has 1 N–H and O–H groups in total. The van der Waals surface area contributed by atoms with E-state index in [4.69, 9.17) is 5.11 Å². The SMILES string of the molecule is CCCCCCC(CO)CCCC.[Pb]. The molecular formula is C12H26OPb. The number of hydrogen-bond acceptors (Lipinski definition) is 1. The standard InChI is InChI=1S/C12H26O.Pb/c1-3-5-7-8-10-12(11-13)9-6-4-2;/h12-13H,3-11H2,1-2H3;. The van der Waals surface area contributed by atoms with Gasteiger partial charge in [0, 0.05) is 33.9 Å². The van der Waals surface area contributed by atoms with E-state index in [9.17, 15) is 0 Å². The van der Waals surface area contributed by atoms with Gasteiger partial charge in [0.15, 0.2) is 0 Å². The molecule has 0 aliphatic heterocycles. The second-order valence-corrected chi connectivity index (χ2v) is 4.04. The summed E-state index contributed by atoms with van der Waals surface area (Å²) in [6.07, 6.45) is 10.3. The minimum atomic E-state index is 0. The zero-order chi connectivity index (χ0) is 9.94. The molecule has 0 aliphatic rings. The van der Waals surface area contributed by atoms with Crippen LogP contribution in [-0.4, -0.2) is 39.0 Å². The van der Waals surface area contributed by atoms with Crippen molar-refractivity contribution in [1.82, 2.24) is 0 Å². The van der Waals surface area contributed by atoms with E-state index in [1.165, 1.54) is 51.4 Å². The molecule has 4 radical (unpaired) electrons. The number of hydrogen-bond donors (Lipinski definition) is 1. The van der Waals surface area contributed by atoms with Crippen LogP contribution < -0.4 is 0 Å². The Morgan fingerprint density at radius 2 is 1.43 bits per heavy atom. The van der Waals surface area contributed by atoms with Crippen LogP contribution >= 0.6 is 0 Å². The Morgan fingerprint density at radius 1 is 0.857 bits per heavy atom. The average Bonchev–Trinajstić information content (AvgIpc) is 2.17. The van der Waals surface area contributed by atoms with Crippen LogP contribution in [0.5, 0.6) is 0 Å². The molecule has 0 aromatic carbocycles. The zero-order valence-corrected chi connectivity index (χ0v) is 13.8. The minimum absolute atomic E-state index is 0. The number of unbranched alkanes of at least 4 members (excludes halogenated alkanes) is 4. The second-order valence-electron chi connectivity index (χ2n) is 4.04. The molecule has 2 heteroatoms. The van der Waals surface area contributed by atoms with Gasteiger partial charge in [0.1, 0.15) is 0 Å². The fourth-order valence-corrected chi connectivity index (χ4v) is 1.68. The van der Waals surface area contributed by atoms with E-state index in [0.717, 1.165) is 0 Å². The Morgan fingerprint density at radius 3 is 1.93 bits per heavy atom. The van der Waals surface area contributed by atoms with E-state index >= 15 is 0 Å². The monoisotopic (exact) mass is 394 g/mol. The summed E-state index contributed by atoms with van der Waals surface area (Å²) < 4.78 is 0. The van der Waals surface area contributed by atoms with Gasteiger partial charge in [0.25, 0.3) is 0 Å². The van der Waals surface area contributed by atoms with Crippen LogP contribution in [0.4, 0.5) is 0 Å². The molecule has 0 amide bonds. The van der Waals surface area contributed by atoms with Crippen LogP contribution in [0.3, 0.4) is 0 Å². The molecule has 14 heavy (non-hydrogen) atoms. The van der Waals surface area contributed by atoms with Gasteiger partial charge in [0.05, 0.1) is 0 Å². The van der Waals surface area contributed by atoms with E-state index in [2.05, 4.69) is 13.8 Å². The first kappa shape index (κ1) is 17.3. The summed E-state index contributed by atoms with van der Waals surface area (Å²) in [5.41, 5.74) is 0. The van der Waals surface area contributed by atoms with Crippen LogP contribution in [0.1, 0.15) is 65.2 Å². The van der Waals surface area contributed by atoms with Crippen molar-refractivity contribution in [2.75, 3.05) is 6.61 Å². The first-order chi connectivity index (χ1) is 6.35. The largest absolute Gasteiger partial charge is 0.396 e. The molecule has 0 bridgehead atoms. The van der Waals surface area contributed by atoms with Gasteiger partial charge >= 0.3 is 0 Å². The quantitative estimate of drug-likeness (QED) is 0.470. The van der Waals surface area contributed by atoms with Crippen molar-refractivity contribution < 1.29 is 5.11 Å². The van der Waals surface area contributed by atoms with Crippen molar-refractivity contribution >= 4 is 27.3 Å². The molecule has 0 aliphatic carbocycles. The first-order valence-electron chi connectivity index (χ1n) is 5.96. The van der Waals surface area contributed by atoms with E-state index in [0.29, 0.717) is 12.5 Å². The van der Waals surface area contributed by atoms with Crippen molar-refractivity contribution in [3.05, 3.63) is 0 Å². The van der Waals surface area contributed by atoms with Crippen molar-refractivity contribution in [3.8, 4) is 0 Å². The van der Waals surface area contributed by atoms with E-state index < -0.39 is 0 Å². The summed E-state index contributed by atoms with van der Waals surface area (Å²) in [6, 6.07) is 0.